The second-order valence-corrected chi connectivity index (χ2v) is 8.64. The molecule has 0 aliphatic carbocycles. The van der Waals surface area contributed by atoms with Crippen LogP contribution in [0.3, 0.4) is 0 Å². The number of nitrogen functional groups attached to an aromatic ring is 2. The van der Waals surface area contributed by atoms with Crippen molar-refractivity contribution in [3.05, 3.63) is 96.2 Å². The summed E-state index contributed by atoms with van der Waals surface area (Å²) in [5, 5.41) is 8.20. The summed E-state index contributed by atoms with van der Waals surface area (Å²) in [6, 6.07) is 24.1. The molecule has 5 rings (SSSR count). The number of hydrogen-bond acceptors (Lipinski definition) is 6. The quantitative estimate of drug-likeness (QED) is 0.267. The molecule has 8 heteroatoms. The van der Waals surface area contributed by atoms with E-state index in [-0.39, 0.29) is 11.7 Å². The standard InChI is InChI=1S/C29H27N5O3/c30-26-25(28(31)32)24(19-10-12-23(13-11-19)37-22-4-2-1-3-5-22)18-33-27(26)20-6-8-21(9-7-20)29(35)34-14-16-36-17-15-34/h1-13,18H,14-17,30H2,(H3,31,32). The lowest BCUT2D eigenvalue weighted by Gasteiger charge is -2.26. The number of anilines is 1. The fraction of sp³-hybridized carbons (Fsp3) is 0.138. The number of hydrogen-bond donors (Lipinski definition) is 3. The average Bonchev–Trinajstić information content (AvgIpc) is 2.94. The van der Waals surface area contributed by atoms with Crippen molar-refractivity contribution >= 4 is 17.4 Å². The third kappa shape index (κ3) is 5.14. The smallest absolute Gasteiger partial charge is 0.254 e. The number of pyridine rings is 1. The molecule has 0 atom stereocenters. The van der Waals surface area contributed by atoms with Gasteiger partial charge in [-0.05, 0) is 42.0 Å². The van der Waals surface area contributed by atoms with Crippen molar-refractivity contribution in [1.82, 2.24) is 9.88 Å². The lowest BCUT2D eigenvalue weighted by atomic mass is 9.96. The Hall–Kier alpha value is -4.69. The van der Waals surface area contributed by atoms with Gasteiger partial charge in [-0.25, -0.2) is 0 Å². The first-order valence-corrected chi connectivity index (χ1v) is 11.9. The van der Waals surface area contributed by atoms with Gasteiger partial charge in [-0.3, -0.25) is 15.2 Å². The Morgan fingerprint density at radius 1 is 0.892 bits per heavy atom. The van der Waals surface area contributed by atoms with Gasteiger partial charge in [0.05, 0.1) is 30.2 Å². The Balaban J connectivity index is 1.41. The van der Waals surface area contributed by atoms with Crippen molar-refractivity contribution in [1.29, 1.82) is 5.41 Å². The molecule has 8 nitrogen and oxygen atoms in total. The largest absolute Gasteiger partial charge is 0.457 e. The highest BCUT2D eigenvalue weighted by atomic mass is 16.5. The van der Waals surface area contributed by atoms with Gasteiger partial charge in [-0.1, -0.05) is 42.5 Å². The highest BCUT2D eigenvalue weighted by molar-refractivity contribution is 6.08. The molecule has 5 N–H and O–H groups in total. The maximum absolute atomic E-state index is 12.8. The summed E-state index contributed by atoms with van der Waals surface area (Å²) >= 11 is 0. The Labute approximate surface area is 215 Å². The minimum absolute atomic E-state index is 0.0322. The van der Waals surface area contributed by atoms with E-state index in [1.54, 1.807) is 23.2 Å². The Morgan fingerprint density at radius 3 is 2.16 bits per heavy atom. The first kappa shape index (κ1) is 24.0. The molecule has 0 unspecified atom stereocenters. The van der Waals surface area contributed by atoms with E-state index in [1.807, 2.05) is 66.7 Å². The second-order valence-electron chi connectivity index (χ2n) is 8.64. The van der Waals surface area contributed by atoms with E-state index >= 15 is 0 Å². The summed E-state index contributed by atoms with van der Waals surface area (Å²) in [5.41, 5.74) is 16.5. The molecule has 186 valence electrons. The van der Waals surface area contributed by atoms with Crippen molar-refractivity contribution in [2.24, 2.45) is 5.73 Å². The second kappa shape index (κ2) is 10.5. The van der Waals surface area contributed by atoms with Crippen LogP contribution in [0.1, 0.15) is 15.9 Å². The minimum Gasteiger partial charge on any atom is -0.457 e. The van der Waals surface area contributed by atoms with Crippen molar-refractivity contribution in [2.75, 3.05) is 32.0 Å². The molecule has 1 aliphatic heterocycles. The lowest BCUT2D eigenvalue weighted by Crippen LogP contribution is -2.40. The maximum Gasteiger partial charge on any atom is 0.254 e. The number of morpholine rings is 1. The van der Waals surface area contributed by atoms with Gasteiger partial charge in [0.2, 0.25) is 0 Å². The lowest BCUT2D eigenvalue weighted by molar-refractivity contribution is 0.0303. The van der Waals surface area contributed by atoms with E-state index in [1.165, 1.54) is 0 Å². The molecule has 2 heterocycles. The number of rotatable bonds is 6. The third-order valence-electron chi connectivity index (χ3n) is 6.23. The normalized spacial score (nSPS) is 13.2. The van der Waals surface area contributed by atoms with Crippen molar-refractivity contribution in [3.63, 3.8) is 0 Å². The highest BCUT2D eigenvalue weighted by Crippen LogP contribution is 2.34. The number of amides is 1. The van der Waals surface area contributed by atoms with Crippen molar-refractivity contribution < 1.29 is 14.3 Å². The van der Waals surface area contributed by atoms with Gasteiger partial charge in [0.25, 0.3) is 5.91 Å². The predicted octanol–water partition coefficient (Wildman–Crippen LogP) is 4.55. The van der Waals surface area contributed by atoms with Crippen molar-refractivity contribution in [3.8, 4) is 33.9 Å². The predicted molar refractivity (Wildman–Crippen MR) is 144 cm³/mol. The fourth-order valence-corrected chi connectivity index (χ4v) is 4.31. The van der Waals surface area contributed by atoms with Crippen LogP contribution in [-0.2, 0) is 4.74 Å². The first-order valence-electron chi connectivity index (χ1n) is 11.9. The summed E-state index contributed by atoms with van der Waals surface area (Å²) in [6.45, 7) is 2.26. The van der Waals surface area contributed by atoms with Crippen LogP contribution in [0.5, 0.6) is 11.5 Å². The molecule has 37 heavy (non-hydrogen) atoms. The van der Waals surface area contributed by atoms with E-state index in [4.69, 9.17) is 26.4 Å². The van der Waals surface area contributed by atoms with Crippen molar-refractivity contribution in [2.45, 2.75) is 0 Å². The topological polar surface area (TPSA) is 128 Å². The number of nitrogens with one attached hydrogen (secondary N) is 1. The van der Waals surface area contributed by atoms with Gasteiger partial charge in [-0.2, -0.15) is 0 Å². The Morgan fingerprint density at radius 2 is 1.51 bits per heavy atom. The zero-order valence-electron chi connectivity index (χ0n) is 20.2. The Bertz CT molecular complexity index is 1410. The summed E-state index contributed by atoms with van der Waals surface area (Å²) in [7, 11) is 0. The van der Waals surface area contributed by atoms with E-state index in [0.717, 1.165) is 16.9 Å². The van der Waals surface area contributed by atoms with Gasteiger partial charge in [0, 0.05) is 36.0 Å². The number of ether oxygens (including phenoxy) is 2. The van der Waals surface area contributed by atoms with E-state index < -0.39 is 0 Å². The van der Waals surface area contributed by atoms with Crippen LogP contribution in [0.4, 0.5) is 5.69 Å². The van der Waals surface area contributed by atoms with Crippen LogP contribution in [0.15, 0.2) is 85.1 Å². The van der Waals surface area contributed by atoms with Crippen LogP contribution in [0.2, 0.25) is 0 Å². The maximum atomic E-state index is 12.8. The molecule has 0 bridgehead atoms. The molecule has 4 aromatic rings. The summed E-state index contributed by atoms with van der Waals surface area (Å²) < 4.78 is 11.2. The molecule has 0 saturated carbocycles. The number of carbonyl (C=O) groups excluding carboxylic acids is 1. The number of nitrogens with zero attached hydrogens (tertiary/aromatic N) is 2. The number of benzene rings is 3. The zero-order valence-corrected chi connectivity index (χ0v) is 20.2. The van der Waals surface area contributed by atoms with Crippen LogP contribution >= 0.6 is 0 Å². The van der Waals surface area contributed by atoms with Gasteiger partial charge in [0.15, 0.2) is 0 Å². The molecule has 1 aromatic heterocycles. The van der Waals surface area contributed by atoms with Crippen LogP contribution in [-0.4, -0.2) is 47.9 Å². The number of nitrogens with two attached hydrogens (primary N) is 2. The van der Waals surface area contributed by atoms with Gasteiger partial charge < -0.3 is 25.8 Å². The van der Waals surface area contributed by atoms with E-state index in [0.29, 0.717) is 60.1 Å². The van der Waals surface area contributed by atoms with E-state index in [9.17, 15) is 4.79 Å². The molecular formula is C29H27N5O3. The van der Waals surface area contributed by atoms with E-state index in [2.05, 4.69) is 4.98 Å². The number of aromatic nitrogens is 1. The highest BCUT2D eigenvalue weighted by Gasteiger charge is 2.20. The number of carbonyl (C=O) groups is 1. The van der Waals surface area contributed by atoms with Gasteiger partial charge >= 0.3 is 0 Å². The summed E-state index contributed by atoms with van der Waals surface area (Å²) in [4.78, 5) is 19.1. The minimum atomic E-state index is -0.153. The first-order chi connectivity index (χ1) is 18.0. The van der Waals surface area contributed by atoms with Crippen LogP contribution in [0.25, 0.3) is 22.4 Å². The summed E-state index contributed by atoms with van der Waals surface area (Å²) in [5.74, 6) is 1.24. The molecule has 1 amide bonds. The fourth-order valence-electron chi connectivity index (χ4n) is 4.31. The number of para-hydroxylation sites is 1. The van der Waals surface area contributed by atoms with Crippen LogP contribution in [0, 0.1) is 5.41 Å². The molecule has 0 radical (unpaired) electrons. The number of amidine groups is 1. The molecule has 1 saturated heterocycles. The SMILES string of the molecule is N=C(N)c1c(-c2ccc(Oc3ccccc3)cc2)cnc(-c2ccc(C(=O)N3CCOCC3)cc2)c1N. The van der Waals surface area contributed by atoms with Gasteiger partial charge in [-0.15, -0.1) is 0 Å². The average molecular weight is 494 g/mol. The molecule has 3 aromatic carbocycles. The molecule has 0 spiro atoms. The molecular weight excluding hydrogens is 466 g/mol. The Kier molecular flexibility index (Phi) is 6.83. The molecule has 1 fully saturated rings. The summed E-state index contributed by atoms with van der Waals surface area (Å²) in [6.07, 6.45) is 1.67. The van der Waals surface area contributed by atoms with Crippen LogP contribution < -0.4 is 16.2 Å². The van der Waals surface area contributed by atoms with Gasteiger partial charge in [0.1, 0.15) is 17.3 Å². The third-order valence-corrected chi connectivity index (χ3v) is 6.23. The zero-order chi connectivity index (χ0) is 25.8. The molecule has 1 aliphatic rings. The monoisotopic (exact) mass is 493 g/mol.